The topological polar surface area (TPSA) is 75.3 Å². The summed E-state index contributed by atoms with van der Waals surface area (Å²) in [5.74, 6) is -1.52. The number of hydrogen-bond donors (Lipinski definition) is 2. The molecule has 0 aliphatic carbocycles. The van der Waals surface area contributed by atoms with Crippen LogP contribution in [0.3, 0.4) is 0 Å². The van der Waals surface area contributed by atoms with Crippen LogP contribution in [-0.2, 0) is 14.8 Å². The molecule has 0 fully saturated rings. The molecular weight excluding hydrogens is 406 g/mol. The van der Waals surface area contributed by atoms with Gasteiger partial charge >= 0.3 is 0 Å². The van der Waals surface area contributed by atoms with E-state index < -0.39 is 39.6 Å². The highest BCUT2D eigenvalue weighted by Crippen LogP contribution is 2.18. The molecule has 2 N–H and O–H groups in total. The van der Waals surface area contributed by atoms with E-state index >= 15 is 0 Å². The maximum Gasteiger partial charge on any atom is 0.241 e. The molecule has 0 heterocycles. The van der Waals surface area contributed by atoms with Crippen molar-refractivity contribution in [3.05, 3.63) is 65.7 Å². The molecule has 2 aromatic rings. The van der Waals surface area contributed by atoms with E-state index in [9.17, 15) is 22.0 Å². The number of amides is 1. The van der Waals surface area contributed by atoms with E-state index in [1.165, 1.54) is 30.0 Å². The molecule has 0 radical (unpaired) electrons. The van der Waals surface area contributed by atoms with Crippen LogP contribution < -0.4 is 10.0 Å². The molecule has 0 aliphatic heterocycles. The average Bonchev–Trinajstić information content (AvgIpc) is 2.65. The van der Waals surface area contributed by atoms with Crippen molar-refractivity contribution >= 4 is 27.7 Å². The molecule has 2 aromatic carbocycles. The van der Waals surface area contributed by atoms with Crippen molar-refractivity contribution in [1.82, 2.24) is 10.0 Å². The fourth-order valence-corrected chi connectivity index (χ4v) is 4.30. The lowest BCUT2D eigenvalue weighted by atomic mass is 10.1. The van der Waals surface area contributed by atoms with Crippen molar-refractivity contribution in [2.75, 3.05) is 12.0 Å². The van der Waals surface area contributed by atoms with E-state index in [0.717, 1.165) is 12.1 Å². The minimum absolute atomic E-state index is 0.0505. The number of halogens is 2. The highest BCUT2D eigenvalue weighted by Gasteiger charge is 2.27. The summed E-state index contributed by atoms with van der Waals surface area (Å²) in [5.41, 5.74) is 0.115. The number of thioether (sulfide) groups is 1. The maximum absolute atomic E-state index is 13.9. The van der Waals surface area contributed by atoms with Gasteiger partial charge in [0.05, 0.1) is 10.9 Å². The first-order valence-corrected chi connectivity index (χ1v) is 11.4. The monoisotopic (exact) mass is 428 g/mol. The predicted octanol–water partition coefficient (Wildman–Crippen LogP) is 3.24. The summed E-state index contributed by atoms with van der Waals surface area (Å²) >= 11 is 1.47. The molecular formula is C19H22F2N2O3S2. The number of carbonyl (C=O) groups is 1. The van der Waals surface area contributed by atoms with Gasteiger partial charge in [0, 0.05) is 11.6 Å². The molecule has 28 heavy (non-hydrogen) atoms. The number of hydrogen-bond acceptors (Lipinski definition) is 4. The van der Waals surface area contributed by atoms with Crippen molar-refractivity contribution in [3.63, 3.8) is 0 Å². The van der Waals surface area contributed by atoms with E-state index in [4.69, 9.17) is 0 Å². The van der Waals surface area contributed by atoms with Crippen LogP contribution in [0.2, 0.25) is 0 Å². The SMILES string of the molecule is CSCCC(NS(=O)(=O)c1ccccc1)C(=O)NC(C)c1ccc(F)cc1F. The molecule has 2 unspecified atom stereocenters. The molecule has 0 aromatic heterocycles. The molecule has 2 atom stereocenters. The molecule has 9 heteroatoms. The maximum atomic E-state index is 13.9. The van der Waals surface area contributed by atoms with Crippen LogP contribution in [0.1, 0.15) is 24.9 Å². The van der Waals surface area contributed by atoms with Crippen LogP contribution >= 0.6 is 11.8 Å². The van der Waals surface area contributed by atoms with Crippen molar-refractivity contribution < 1.29 is 22.0 Å². The number of benzene rings is 2. The van der Waals surface area contributed by atoms with Gasteiger partial charge in [-0.05, 0) is 43.6 Å². The number of nitrogens with one attached hydrogen (secondary N) is 2. The zero-order chi connectivity index (χ0) is 20.7. The second-order valence-corrected chi connectivity index (χ2v) is 8.86. The Hall–Kier alpha value is -1.97. The first-order valence-electron chi connectivity index (χ1n) is 8.56. The van der Waals surface area contributed by atoms with Gasteiger partial charge in [0.15, 0.2) is 0 Å². The molecule has 1 amide bonds. The number of sulfonamides is 1. The summed E-state index contributed by atoms with van der Waals surface area (Å²) in [6.45, 7) is 1.55. The Morgan fingerprint density at radius 2 is 1.82 bits per heavy atom. The summed E-state index contributed by atoms with van der Waals surface area (Å²) in [6.07, 6.45) is 2.11. The first kappa shape index (κ1) is 22.3. The van der Waals surface area contributed by atoms with Crippen LogP contribution in [0.5, 0.6) is 0 Å². The van der Waals surface area contributed by atoms with E-state index in [2.05, 4.69) is 10.0 Å². The van der Waals surface area contributed by atoms with Crippen LogP contribution in [0.15, 0.2) is 53.4 Å². The summed E-state index contributed by atoms with van der Waals surface area (Å²) in [6, 6.07) is 9.04. The lowest BCUT2D eigenvalue weighted by molar-refractivity contribution is -0.123. The van der Waals surface area contributed by atoms with Crippen LogP contribution in [0.4, 0.5) is 8.78 Å². The quantitative estimate of drug-likeness (QED) is 0.643. The van der Waals surface area contributed by atoms with Crippen LogP contribution in [-0.4, -0.2) is 32.4 Å². The molecule has 0 spiro atoms. The molecule has 0 saturated heterocycles. The third-order valence-corrected chi connectivity index (χ3v) is 6.20. The third kappa shape index (κ3) is 6.02. The molecule has 152 valence electrons. The minimum atomic E-state index is -3.89. The summed E-state index contributed by atoms with van der Waals surface area (Å²) in [4.78, 5) is 12.7. The largest absolute Gasteiger partial charge is 0.348 e. The first-order chi connectivity index (χ1) is 13.2. The molecule has 0 aliphatic rings. The van der Waals surface area contributed by atoms with Crippen molar-refractivity contribution in [3.8, 4) is 0 Å². The van der Waals surface area contributed by atoms with E-state index in [1.54, 1.807) is 25.1 Å². The number of rotatable bonds is 9. The summed E-state index contributed by atoms with van der Waals surface area (Å²) < 4.78 is 54.6. The molecule has 0 saturated carbocycles. The van der Waals surface area contributed by atoms with Gasteiger partial charge in [0.2, 0.25) is 15.9 Å². The third-order valence-electron chi connectivity index (χ3n) is 4.07. The van der Waals surface area contributed by atoms with Gasteiger partial charge in [-0.2, -0.15) is 16.5 Å². The zero-order valence-corrected chi connectivity index (χ0v) is 17.1. The zero-order valence-electron chi connectivity index (χ0n) is 15.5. The second kappa shape index (κ2) is 9.99. The normalized spacial score (nSPS) is 13.7. The molecule has 2 rings (SSSR count). The summed E-state index contributed by atoms with van der Waals surface area (Å²) in [5, 5.41) is 2.60. The van der Waals surface area contributed by atoms with E-state index in [0.29, 0.717) is 5.75 Å². The van der Waals surface area contributed by atoms with Gasteiger partial charge in [0.25, 0.3) is 0 Å². The van der Waals surface area contributed by atoms with Crippen LogP contribution in [0.25, 0.3) is 0 Å². The second-order valence-electron chi connectivity index (χ2n) is 6.16. The lowest BCUT2D eigenvalue weighted by Crippen LogP contribution is -2.47. The number of carbonyl (C=O) groups excluding carboxylic acids is 1. The van der Waals surface area contributed by atoms with Gasteiger partial charge < -0.3 is 5.32 Å². The average molecular weight is 429 g/mol. The Morgan fingerprint density at radius 1 is 1.14 bits per heavy atom. The van der Waals surface area contributed by atoms with Gasteiger partial charge in [0.1, 0.15) is 17.7 Å². The molecule has 5 nitrogen and oxygen atoms in total. The fraction of sp³-hybridized carbons (Fsp3) is 0.316. The Labute approximate surface area is 168 Å². The Bertz CT molecular complexity index is 909. The van der Waals surface area contributed by atoms with Gasteiger partial charge in [-0.3, -0.25) is 4.79 Å². The standard InChI is InChI=1S/C19H22F2N2O3S2/c1-13(16-9-8-14(20)12-17(16)21)22-19(24)18(10-11-27-2)23-28(25,26)15-6-4-3-5-7-15/h3-9,12-13,18,23H,10-11H2,1-2H3,(H,22,24). The highest BCUT2D eigenvalue weighted by molar-refractivity contribution is 7.98. The Morgan fingerprint density at radius 3 is 2.43 bits per heavy atom. The smallest absolute Gasteiger partial charge is 0.241 e. The highest BCUT2D eigenvalue weighted by atomic mass is 32.2. The van der Waals surface area contributed by atoms with Crippen molar-refractivity contribution in [2.45, 2.75) is 30.3 Å². The molecule has 0 bridgehead atoms. The predicted molar refractivity (Wildman–Crippen MR) is 106 cm³/mol. The summed E-state index contributed by atoms with van der Waals surface area (Å²) in [7, 11) is -3.89. The van der Waals surface area contributed by atoms with Crippen molar-refractivity contribution in [1.29, 1.82) is 0 Å². The minimum Gasteiger partial charge on any atom is -0.348 e. The Kier molecular flexibility index (Phi) is 7.97. The van der Waals surface area contributed by atoms with Crippen LogP contribution in [0, 0.1) is 11.6 Å². The fourth-order valence-electron chi connectivity index (χ4n) is 2.58. The van der Waals surface area contributed by atoms with Gasteiger partial charge in [-0.25, -0.2) is 17.2 Å². The van der Waals surface area contributed by atoms with Crippen molar-refractivity contribution in [2.24, 2.45) is 0 Å². The van der Waals surface area contributed by atoms with Gasteiger partial charge in [-0.1, -0.05) is 24.3 Å². The van der Waals surface area contributed by atoms with E-state index in [-0.39, 0.29) is 16.9 Å². The lowest BCUT2D eigenvalue weighted by Gasteiger charge is -2.22. The van der Waals surface area contributed by atoms with Gasteiger partial charge in [-0.15, -0.1) is 0 Å². The Balaban J connectivity index is 2.16. The van der Waals surface area contributed by atoms with E-state index in [1.807, 2.05) is 6.26 Å².